The van der Waals surface area contributed by atoms with Crippen molar-refractivity contribution in [1.29, 1.82) is 0 Å². The molecule has 0 aliphatic carbocycles. The van der Waals surface area contributed by atoms with Gasteiger partial charge in [-0.05, 0) is 30.3 Å². The fourth-order valence-corrected chi connectivity index (χ4v) is 6.07. The Balaban J connectivity index is 0.00000196. The second-order valence-electron chi connectivity index (χ2n) is 5.76. The van der Waals surface area contributed by atoms with Crippen molar-refractivity contribution in [1.82, 2.24) is 9.78 Å². The number of thiophene rings is 1. The van der Waals surface area contributed by atoms with E-state index in [1.54, 1.807) is 19.3 Å². The molecule has 2 N–H and O–H groups in total. The van der Waals surface area contributed by atoms with E-state index in [4.69, 9.17) is 5.73 Å². The molecule has 1 aromatic carbocycles. The van der Waals surface area contributed by atoms with Crippen LogP contribution >= 0.6 is 36.2 Å². The molecule has 154 valence electrons. The molecule has 7 nitrogen and oxygen atoms in total. The minimum atomic E-state index is -3.77. The molecular formula is C16H19Cl2N3O4S3. The minimum absolute atomic E-state index is 0. The summed E-state index contributed by atoms with van der Waals surface area (Å²) in [6.45, 7) is 0.258. The van der Waals surface area contributed by atoms with Gasteiger partial charge in [0.25, 0.3) is 0 Å². The number of nitrogens with two attached hydrogens (primary N) is 1. The van der Waals surface area contributed by atoms with E-state index in [2.05, 4.69) is 5.10 Å². The molecule has 28 heavy (non-hydrogen) atoms. The third-order valence-electron chi connectivity index (χ3n) is 3.78. The van der Waals surface area contributed by atoms with Crippen LogP contribution in [0.4, 0.5) is 0 Å². The number of aromatic nitrogens is 2. The van der Waals surface area contributed by atoms with Crippen LogP contribution in [0.1, 0.15) is 4.88 Å². The smallest absolute Gasteiger partial charge is 0.215 e. The van der Waals surface area contributed by atoms with E-state index in [0.29, 0.717) is 11.1 Å². The maximum atomic E-state index is 12.9. The molecule has 3 aromatic rings. The average molecular weight is 484 g/mol. The highest BCUT2D eigenvalue weighted by Crippen LogP contribution is 2.33. The number of hydrogen-bond acceptors (Lipinski definition) is 7. The van der Waals surface area contributed by atoms with Crippen molar-refractivity contribution in [2.24, 2.45) is 12.8 Å². The highest BCUT2D eigenvalue weighted by Gasteiger charge is 2.24. The lowest BCUT2D eigenvalue weighted by Gasteiger charge is -2.09. The second-order valence-corrected chi connectivity index (χ2v) is 11.1. The molecule has 0 aliphatic heterocycles. The van der Waals surface area contributed by atoms with Crippen molar-refractivity contribution in [3.8, 4) is 11.1 Å². The predicted molar refractivity (Wildman–Crippen MR) is 114 cm³/mol. The Morgan fingerprint density at radius 1 is 1.11 bits per heavy atom. The van der Waals surface area contributed by atoms with Gasteiger partial charge >= 0.3 is 0 Å². The van der Waals surface area contributed by atoms with E-state index in [0.717, 1.165) is 22.5 Å². The number of hydrogen-bond donors (Lipinski definition) is 1. The van der Waals surface area contributed by atoms with Crippen LogP contribution in [0.3, 0.4) is 0 Å². The SMILES string of the molecule is Cl.Cl.Cn1cc(-c2cc(S(=O)(=O)c3ccc(CN)s3)ccc2S(C)(=O)=O)cn1. The first-order chi connectivity index (χ1) is 12.1. The van der Waals surface area contributed by atoms with Gasteiger partial charge in [-0.15, -0.1) is 36.2 Å². The van der Waals surface area contributed by atoms with Crippen LogP contribution in [0.15, 0.2) is 56.7 Å². The van der Waals surface area contributed by atoms with Gasteiger partial charge in [-0.25, -0.2) is 16.8 Å². The Morgan fingerprint density at radius 2 is 1.79 bits per heavy atom. The Morgan fingerprint density at radius 3 is 2.29 bits per heavy atom. The van der Waals surface area contributed by atoms with Gasteiger partial charge in [0, 0.05) is 42.0 Å². The Labute approximate surface area is 180 Å². The van der Waals surface area contributed by atoms with Crippen LogP contribution in [0.25, 0.3) is 11.1 Å². The van der Waals surface area contributed by atoms with Gasteiger partial charge < -0.3 is 5.73 Å². The van der Waals surface area contributed by atoms with Crippen LogP contribution in [0.2, 0.25) is 0 Å². The summed E-state index contributed by atoms with van der Waals surface area (Å²) in [6, 6.07) is 7.20. The van der Waals surface area contributed by atoms with Gasteiger partial charge in [-0.2, -0.15) is 5.10 Å². The zero-order valence-electron chi connectivity index (χ0n) is 14.9. The predicted octanol–water partition coefficient (Wildman–Crippen LogP) is 2.69. The number of sulfone groups is 2. The lowest BCUT2D eigenvalue weighted by atomic mass is 10.1. The third-order valence-corrected chi connectivity index (χ3v) is 8.29. The molecule has 0 saturated heterocycles. The van der Waals surface area contributed by atoms with Crippen LogP contribution in [0.5, 0.6) is 0 Å². The third kappa shape index (κ3) is 4.76. The van der Waals surface area contributed by atoms with Gasteiger partial charge in [-0.1, -0.05) is 0 Å². The average Bonchev–Trinajstić information content (AvgIpc) is 3.22. The molecule has 3 rings (SSSR count). The minimum Gasteiger partial charge on any atom is -0.326 e. The number of aryl methyl sites for hydroxylation is 1. The van der Waals surface area contributed by atoms with Crippen molar-refractivity contribution >= 4 is 55.8 Å². The van der Waals surface area contributed by atoms with Gasteiger partial charge in [-0.3, -0.25) is 4.68 Å². The second kappa shape index (κ2) is 8.93. The van der Waals surface area contributed by atoms with Crippen molar-refractivity contribution in [3.05, 3.63) is 47.6 Å². The highest BCUT2D eigenvalue weighted by molar-refractivity contribution is 7.93. The first-order valence-corrected chi connectivity index (χ1v) is 11.7. The van der Waals surface area contributed by atoms with Crippen LogP contribution in [0, 0.1) is 0 Å². The van der Waals surface area contributed by atoms with E-state index >= 15 is 0 Å². The monoisotopic (exact) mass is 483 g/mol. The zero-order chi connectivity index (χ0) is 19.1. The van der Waals surface area contributed by atoms with E-state index in [1.807, 2.05) is 0 Å². The molecule has 0 aliphatic rings. The lowest BCUT2D eigenvalue weighted by Crippen LogP contribution is -2.04. The Bertz CT molecular complexity index is 1190. The zero-order valence-corrected chi connectivity index (χ0v) is 19.0. The standard InChI is InChI=1S/C16H17N3O4S3.2ClH/c1-19-10-11(9-18-19)14-7-13(4-5-15(14)25(2,20)21)26(22,23)16-6-3-12(8-17)24-16;;/h3-7,9-10H,8,17H2,1-2H3;2*1H. The first-order valence-electron chi connectivity index (χ1n) is 7.50. The molecule has 0 atom stereocenters. The molecule has 2 aromatic heterocycles. The quantitative estimate of drug-likeness (QED) is 0.596. The molecule has 0 bridgehead atoms. The maximum Gasteiger partial charge on any atom is 0.215 e. The summed E-state index contributed by atoms with van der Waals surface area (Å²) < 4.78 is 51.8. The van der Waals surface area contributed by atoms with E-state index in [-0.39, 0.29) is 45.4 Å². The molecule has 0 radical (unpaired) electrons. The highest BCUT2D eigenvalue weighted by atomic mass is 35.5. The summed E-state index contributed by atoms with van der Waals surface area (Å²) >= 11 is 1.10. The molecule has 2 heterocycles. The summed E-state index contributed by atoms with van der Waals surface area (Å²) in [5.74, 6) is 0. The van der Waals surface area contributed by atoms with Crippen molar-refractivity contribution in [3.63, 3.8) is 0 Å². The molecule has 0 unspecified atom stereocenters. The summed E-state index contributed by atoms with van der Waals surface area (Å²) in [6.07, 6.45) is 4.22. The van der Waals surface area contributed by atoms with E-state index in [1.165, 1.54) is 35.1 Å². The van der Waals surface area contributed by atoms with Crippen LogP contribution < -0.4 is 5.73 Å². The fourth-order valence-electron chi connectivity index (χ4n) is 2.51. The number of halogens is 2. The topological polar surface area (TPSA) is 112 Å². The largest absolute Gasteiger partial charge is 0.326 e. The van der Waals surface area contributed by atoms with Crippen molar-refractivity contribution in [2.45, 2.75) is 20.5 Å². The molecular weight excluding hydrogens is 465 g/mol. The van der Waals surface area contributed by atoms with Crippen LogP contribution in [-0.4, -0.2) is 32.9 Å². The summed E-state index contributed by atoms with van der Waals surface area (Å²) in [5.41, 5.74) is 6.38. The number of benzene rings is 1. The van der Waals surface area contributed by atoms with E-state index in [9.17, 15) is 16.8 Å². The summed E-state index contributed by atoms with van der Waals surface area (Å²) in [5, 5.41) is 4.04. The van der Waals surface area contributed by atoms with Gasteiger partial charge in [0.1, 0.15) is 4.21 Å². The number of rotatable bonds is 5. The maximum absolute atomic E-state index is 12.9. The normalized spacial score (nSPS) is 11.5. The molecule has 0 fully saturated rings. The Hall–Kier alpha value is -1.43. The van der Waals surface area contributed by atoms with E-state index < -0.39 is 19.7 Å². The summed E-state index contributed by atoms with van der Waals surface area (Å²) in [4.78, 5) is 0.830. The van der Waals surface area contributed by atoms with Crippen molar-refractivity contribution < 1.29 is 16.8 Å². The lowest BCUT2D eigenvalue weighted by molar-refractivity contribution is 0.596. The van der Waals surface area contributed by atoms with Gasteiger partial charge in [0.2, 0.25) is 9.84 Å². The number of nitrogens with zero attached hydrogens (tertiary/aromatic N) is 2. The van der Waals surface area contributed by atoms with Crippen LogP contribution in [-0.2, 0) is 33.3 Å². The molecule has 0 saturated carbocycles. The van der Waals surface area contributed by atoms with Gasteiger partial charge in [0.05, 0.1) is 16.0 Å². The molecule has 0 amide bonds. The molecule has 12 heteroatoms. The summed E-state index contributed by atoms with van der Waals surface area (Å²) in [7, 11) is -5.62. The van der Waals surface area contributed by atoms with Crippen molar-refractivity contribution in [2.75, 3.05) is 6.26 Å². The fraction of sp³-hybridized carbons (Fsp3) is 0.188. The Kier molecular flexibility index (Phi) is 7.85. The molecule has 0 spiro atoms. The van der Waals surface area contributed by atoms with Gasteiger partial charge in [0.15, 0.2) is 9.84 Å². The first kappa shape index (κ1) is 24.6.